The first-order chi connectivity index (χ1) is 11.7. The van der Waals surface area contributed by atoms with Crippen LogP contribution in [0.4, 0.5) is 0 Å². The van der Waals surface area contributed by atoms with Gasteiger partial charge in [-0.25, -0.2) is 4.98 Å². The Hall–Kier alpha value is -1.88. The number of imidazole rings is 1. The van der Waals surface area contributed by atoms with Gasteiger partial charge in [-0.2, -0.15) is 0 Å². The first kappa shape index (κ1) is 15.6. The van der Waals surface area contributed by atoms with Crippen LogP contribution in [-0.2, 0) is 11.3 Å². The van der Waals surface area contributed by atoms with Crippen molar-refractivity contribution in [1.82, 2.24) is 19.8 Å². The summed E-state index contributed by atoms with van der Waals surface area (Å²) in [5, 5.41) is 3.18. The molecule has 1 saturated carbocycles. The van der Waals surface area contributed by atoms with E-state index < -0.39 is 0 Å². The Labute approximate surface area is 143 Å². The summed E-state index contributed by atoms with van der Waals surface area (Å²) in [6.45, 7) is 5.63. The van der Waals surface area contributed by atoms with Crippen molar-refractivity contribution in [3.8, 4) is 0 Å². The van der Waals surface area contributed by atoms with E-state index in [0.29, 0.717) is 12.5 Å². The van der Waals surface area contributed by atoms with E-state index in [1.54, 1.807) is 0 Å². The van der Waals surface area contributed by atoms with Crippen LogP contribution >= 0.6 is 0 Å². The standard InChI is InChI=1S/C19H26N4O/c1-14-21-16-6-2-3-7-17(16)23(14)13-10-20-19(24)18(15-8-9-15)22-11-4-5-12-22/h2-3,6-7,15,18H,4-5,8-13H2,1H3,(H,20,24). The molecule has 4 rings (SSSR count). The second kappa shape index (κ2) is 6.55. The van der Waals surface area contributed by atoms with Crippen molar-refractivity contribution < 1.29 is 4.79 Å². The van der Waals surface area contributed by atoms with E-state index in [1.165, 1.54) is 25.7 Å². The van der Waals surface area contributed by atoms with E-state index in [-0.39, 0.29) is 11.9 Å². The summed E-state index contributed by atoms with van der Waals surface area (Å²) < 4.78 is 2.19. The smallest absolute Gasteiger partial charge is 0.237 e. The Kier molecular flexibility index (Phi) is 4.27. The van der Waals surface area contributed by atoms with Crippen molar-refractivity contribution >= 4 is 16.9 Å². The summed E-state index contributed by atoms with van der Waals surface area (Å²) in [6, 6.07) is 8.28. The zero-order valence-electron chi connectivity index (χ0n) is 14.4. The number of carbonyl (C=O) groups is 1. The summed E-state index contributed by atoms with van der Waals surface area (Å²) in [4.78, 5) is 19.7. The number of fused-ring (bicyclic) bond motifs is 1. The number of para-hydroxylation sites is 2. The van der Waals surface area contributed by atoms with Gasteiger partial charge in [-0.05, 0) is 63.7 Å². The lowest BCUT2D eigenvalue weighted by atomic mass is 10.1. The summed E-state index contributed by atoms with van der Waals surface area (Å²) in [5.41, 5.74) is 2.16. The molecule has 2 aromatic rings. The molecule has 0 spiro atoms. The lowest BCUT2D eigenvalue weighted by Gasteiger charge is -2.26. The van der Waals surface area contributed by atoms with Crippen LogP contribution in [0.1, 0.15) is 31.5 Å². The molecule has 1 saturated heterocycles. The highest BCUT2D eigenvalue weighted by Crippen LogP contribution is 2.36. The SMILES string of the molecule is Cc1nc2ccccc2n1CCNC(=O)C(C1CC1)N1CCCC1. The molecule has 1 N–H and O–H groups in total. The highest BCUT2D eigenvalue weighted by Gasteiger charge is 2.40. The van der Waals surface area contributed by atoms with Crippen LogP contribution in [0.25, 0.3) is 11.0 Å². The number of aromatic nitrogens is 2. The van der Waals surface area contributed by atoms with Gasteiger partial charge in [-0.15, -0.1) is 0 Å². The number of aryl methyl sites for hydroxylation is 1. The van der Waals surface area contributed by atoms with E-state index in [4.69, 9.17) is 0 Å². The van der Waals surface area contributed by atoms with Gasteiger partial charge < -0.3 is 9.88 Å². The van der Waals surface area contributed by atoms with Crippen molar-refractivity contribution in [3.63, 3.8) is 0 Å². The zero-order chi connectivity index (χ0) is 16.5. The monoisotopic (exact) mass is 326 g/mol. The largest absolute Gasteiger partial charge is 0.353 e. The first-order valence-corrected chi connectivity index (χ1v) is 9.17. The third-order valence-electron chi connectivity index (χ3n) is 5.35. The van der Waals surface area contributed by atoms with Crippen molar-refractivity contribution in [2.24, 2.45) is 5.92 Å². The van der Waals surface area contributed by atoms with Crippen molar-refractivity contribution in [3.05, 3.63) is 30.1 Å². The predicted molar refractivity (Wildman–Crippen MR) is 94.8 cm³/mol. The van der Waals surface area contributed by atoms with Crippen LogP contribution in [0.5, 0.6) is 0 Å². The summed E-state index contributed by atoms with van der Waals surface area (Å²) in [5.74, 6) is 1.81. The number of rotatable bonds is 6. The molecule has 128 valence electrons. The second-order valence-electron chi connectivity index (χ2n) is 7.12. The van der Waals surface area contributed by atoms with Crippen LogP contribution in [0.2, 0.25) is 0 Å². The molecule has 1 aromatic heterocycles. The van der Waals surface area contributed by atoms with Gasteiger partial charge in [0, 0.05) is 13.1 Å². The topological polar surface area (TPSA) is 50.2 Å². The first-order valence-electron chi connectivity index (χ1n) is 9.17. The second-order valence-corrected chi connectivity index (χ2v) is 7.12. The molecule has 0 radical (unpaired) electrons. The maximum atomic E-state index is 12.7. The number of carbonyl (C=O) groups excluding carboxylic acids is 1. The Morgan fingerprint density at radius 1 is 1.29 bits per heavy atom. The minimum atomic E-state index is 0.105. The molecule has 2 aliphatic rings. The zero-order valence-corrected chi connectivity index (χ0v) is 14.4. The van der Waals surface area contributed by atoms with E-state index in [1.807, 2.05) is 25.1 Å². The Balaban J connectivity index is 1.39. The van der Waals surface area contributed by atoms with E-state index in [9.17, 15) is 4.79 Å². The van der Waals surface area contributed by atoms with Crippen LogP contribution < -0.4 is 5.32 Å². The number of hydrogen-bond donors (Lipinski definition) is 1. The molecule has 2 heterocycles. The fourth-order valence-electron chi connectivity index (χ4n) is 3.98. The van der Waals surface area contributed by atoms with Gasteiger partial charge in [-0.1, -0.05) is 12.1 Å². The van der Waals surface area contributed by atoms with Gasteiger partial charge in [0.25, 0.3) is 0 Å². The number of amides is 1. The molecule has 2 fully saturated rings. The fourth-order valence-corrected chi connectivity index (χ4v) is 3.98. The summed E-state index contributed by atoms with van der Waals surface area (Å²) >= 11 is 0. The molecule has 1 unspecified atom stereocenters. The Bertz CT molecular complexity index is 728. The molecule has 1 aromatic carbocycles. The fraction of sp³-hybridized carbons (Fsp3) is 0.579. The number of nitrogens with one attached hydrogen (secondary N) is 1. The molecular weight excluding hydrogens is 300 g/mol. The quantitative estimate of drug-likeness (QED) is 0.886. The molecule has 1 amide bonds. The Morgan fingerprint density at radius 3 is 2.79 bits per heavy atom. The molecule has 1 aliphatic carbocycles. The maximum absolute atomic E-state index is 12.7. The number of benzene rings is 1. The summed E-state index contributed by atoms with van der Waals surface area (Å²) in [7, 11) is 0. The molecule has 0 bridgehead atoms. The van der Waals surface area contributed by atoms with Gasteiger partial charge in [0.05, 0.1) is 17.1 Å². The number of nitrogens with zero attached hydrogens (tertiary/aromatic N) is 3. The van der Waals surface area contributed by atoms with Gasteiger partial charge in [0.15, 0.2) is 0 Å². The average Bonchev–Trinajstić information content (AvgIpc) is 3.15. The highest BCUT2D eigenvalue weighted by atomic mass is 16.2. The maximum Gasteiger partial charge on any atom is 0.237 e. The van der Waals surface area contributed by atoms with Crippen molar-refractivity contribution in [1.29, 1.82) is 0 Å². The molecular formula is C19H26N4O. The van der Waals surface area contributed by atoms with Crippen LogP contribution in [0.15, 0.2) is 24.3 Å². The minimum Gasteiger partial charge on any atom is -0.353 e. The van der Waals surface area contributed by atoms with Crippen LogP contribution in [0, 0.1) is 12.8 Å². The predicted octanol–water partition coefficient (Wildman–Crippen LogP) is 2.34. The summed E-state index contributed by atoms with van der Waals surface area (Å²) in [6.07, 6.45) is 4.88. The van der Waals surface area contributed by atoms with Crippen LogP contribution in [-0.4, -0.2) is 46.0 Å². The van der Waals surface area contributed by atoms with Crippen molar-refractivity contribution in [2.75, 3.05) is 19.6 Å². The molecule has 5 heteroatoms. The molecule has 5 nitrogen and oxygen atoms in total. The lowest BCUT2D eigenvalue weighted by Crippen LogP contribution is -2.47. The third-order valence-corrected chi connectivity index (χ3v) is 5.35. The van der Waals surface area contributed by atoms with E-state index in [0.717, 1.165) is 36.5 Å². The highest BCUT2D eigenvalue weighted by molar-refractivity contribution is 5.82. The molecule has 24 heavy (non-hydrogen) atoms. The average molecular weight is 326 g/mol. The van der Waals surface area contributed by atoms with Crippen LogP contribution in [0.3, 0.4) is 0 Å². The van der Waals surface area contributed by atoms with Crippen molar-refractivity contribution in [2.45, 2.75) is 45.2 Å². The van der Waals surface area contributed by atoms with Gasteiger partial charge in [0.2, 0.25) is 5.91 Å². The van der Waals surface area contributed by atoms with Gasteiger partial charge in [0.1, 0.15) is 5.82 Å². The number of hydrogen-bond acceptors (Lipinski definition) is 3. The minimum absolute atomic E-state index is 0.105. The third kappa shape index (κ3) is 3.05. The molecule has 1 atom stereocenters. The normalized spacial score (nSPS) is 19.7. The van der Waals surface area contributed by atoms with E-state index >= 15 is 0 Å². The lowest BCUT2D eigenvalue weighted by molar-refractivity contribution is -0.126. The number of likely N-dealkylation sites (tertiary alicyclic amines) is 1. The molecule has 1 aliphatic heterocycles. The van der Waals surface area contributed by atoms with E-state index in [2.05, 4.69) is 25.8 Å². The van der Waals surface area contributed by atoms with Gasteiger partial charge >= 0.3 is 0 Å². The Morgan fingerprint density at radius 2 is 2.04 bits per heavy atom. The van der Waals surface area contributed by atoms with Gasteiger partial charge in [-0.3, -0.25) is 9.69 Å².